The molecule has 0 radical (unpaired) electrons. The summed E-state index contributed by atoms with van der Waals surface area (Å²) in [5, 5.41) is 0.705. The Kier molecular flexibility index (Phi) is 8.87. The van der Waals surface area contributed by atoms with Gasteiger partial charge in [0.15, 0.2) is 12.2 Å². The minimum Gasteiger partial charge on any atom is -0.463 e. The number of hydrogen-bond donors (Lipinski definition) is 0. The Morgan fingerprint density at radius 3 is 2.05 bits per heavy atom. The minimum absolute atomic E-state index is 0.171. The maximum atomic E-state index is 12.0. The molecule has 2 heterocycles. The van der Waals surface area contributed by atoms with Crippen LogP contribution in [-0.4, -0.2) is 61.2 Å². The van der Waals surface area contributed by atoms with Crippen LogP contribution in [0.3, 0.4) is 0 Å². The van der Waals surface area contributed by atoms with Crippen molar-refractivity contribution < 1.29 is 52.0 Å². The number of rotatable bonds is 8. The van der Waals surface area contributed by atoms with Gasteiger partial charge >= 0.3 is 29.5 Å². The monoisotopic (exact) mass is 520 g/mol. The highest BCUT2D eigenvalue weighted by Crippen LogP contribution is 2.32. The van der Waals surface area contributed by atoms with E-state index in [1.54, 1.807) is 12.1 Å². The average molecular weight is 520 g/mol. The van der Waals surface area contributed by atoms with Crippen LogP contribution in [0, 0.1) is 0 Å². The van der Waals surface area contributed by atoms with E-state index in [2.05, 4.69) is 0 Å². The number of carbonyl (C=O) groups excluding carboxylic acids is 4. The second kappa shape index (κ2) is 11.9. The number of aryl methyl sites for hydroxylation is 1. The molecule has 0 aliphatic carbocycles. The number of carbonyl (C=O) groups is 4. The maximum Gasteiger partial charge on any atom is 0.336 e. The second-order valence-electron chi connectivity index (χ2n) is 8.29. The largest absolute Gasteiger partial charge is 0.463 e. The van der Waals surface area contributed by atoms with Gasteiger partial charge in [0, 0.05) is 45.2 Å². The Labute approximate surface area is 211 Å². The summed E-state index contributed by atoms with van der Waals surface area (Å²) >= 11 is 0. The zero-order valence-electron chi connectivity index (χ0n) is 21.0. The quantitative estimate of drug-likeness (QED) is 0.283. The van der Waals surface area contributed by atoms with E-state index in [1.165, 1.54) is 19.1 Å². The number of fused-ring (bicyclic) bond motifs is 1. The molecular formula is C25H28O12. The van der Waals surface area contributed by atoms with Crippen molar-refractivity contribution in [2.45, 2.75) is 71.7 Å². The van der Waals surface area contributed by atoms with Crippen molar-refractivity contribution in [3.63, 3.8) is 0 Å². The molecule has 5 atom stereocenters. The molecule has 200 valence electrons. The van der Waals surface area contributed by atoms with E-state index in [9.17, 15) is 24.0 Å². The van der Waals surface area contributed by atoms with E-state index in [0.717, 1.165) is 26.3 Å². The molecule has 0 unspecified atom stereocenters. The van der Waals surface area contributed by atoms with Gasteiger partial charge in [-0.3, -0.25) is 19.2 Å². The smallest absolute Gasteiger partial charge is 0.336 e. The van der Waals surface area contributed by atoms with Crippen LogP contribution in [0.4, 0.5) is 0 Å². The summed E-state index contributed by atoms with van der Waals surface area (Å²) in [6.45, 7) is 6.07. The van der Waals surface area contributed by atoms with Crippen LogP contribution in [0.2, 0.25) is 0 Å². The third-order valence-electron chi connectivity index (χ3n) is 5.38. The summed E-state index contributed by atoms with van der Waals surface area (Å²) in [5.41, 5.74) is 0.506. The van der Waals surface area contributed by atoms with Crippen LogP contribution >= 0.6 is 0 Å². The van der Waals surface area contributed by atoms with Gasteiger partial charge in [-0.1, -0.05) is 6.92 Å². The van der Waals surface area contributed by atoms with Crippen LogP contribution in [0.15, 0.2) is 33.5 Å². The molecule has 1 aliphatic heterocycles. The van der Waals surface area contributed by atoms with Crippen molar-refractivity contribution >= 4 is 34.8 Å². The topological polar surface area (TPSA) is 154 Å². The fraction of sp³-hybridized carbons (Fsp3) is 0.480. The molecule has 1 aliphatic rings. The molecule has 0 bridgehead atoms. The van der Waals surface area contributed by atoms with Crippen molar-refractivity contribution in [3.8, 4) is 5.75 Å². The second-order valence-corrected chi connectivity index (χ2v) is 8.29. The summed E-state index contributed by atoms with van der Waals surface area (Å²) in [6.07, 6.45) is -6.01. The molecule has 1 aromatic heterocycles. The lowest BCUT2D eigenvalue weighted by atomic mass is 9.98. The number of hydrogen-bond acceptors (Lipinski definition) is 12. The highest BCUT2D eigenvalue weighted by atomic mass is 16.7. The Morgan fingerprint density at radius 1 is 0.838 bits per heavy atom. The van der Waals surface area contributed by atoms with Crippen LogP contribution in [0.1, 0.15) is 40.2 Å². The fourth-order valence-corrected chi connectivity index (χ4v) is 3.99. The van der Waals surface area contributed by atoms with Crippen molar-refractivity contribution in [2.75, 3.05) is 6.61 Å². The lowest BCUT2D eigenvalue weighted by molar-refractivity contribution is -0.288. The van der Waals surface area contributed by atoms with E-state index >= 15 is 0 Å². The molecule has 0 spiro atoms. The van der Waals surface area contributed by atoms with Crippen LogP contribution in [-0.2, 0) is 49.3 Å². The predicted molar refractivity (Wildman–Crippen MR) is 124 cm³/mol. The lowest BCUT2D eigenvalue weighted by Gasteiger charge is -2.43. The Bertz CT molecular complexity index is 1230. The van der Waals surface area contributed by atoms with E-state index in [4.69, 9.17) is 32.8 Å². The van der Waals surface area contributed by atoms with Gasteiger partial charge in [-0.05, 0) is 24.1 Å². The molecular weight excluding hydrogens is 492 g/mol. The van der Waals surface area contributed by atoms with Gasteiger partial charge in [0.1, 0.15) is 24.0 Å². The fourth-order valence-electron chi connectivity index (χ4n) is 3.99. The van der Waals surface area contributed by atoms with Gasteiger partial charge in [-0.15, -0.1) is 0 Å². The van der Waals surface area contributed by atoms with Crippen LogP contribution in [0.5, 0.6) is 5.75 Å². The highest BCUT2D eigenvalue weighted by molar-refractivity contribution is 5.81. The zero-order valence-corrected chi connectivity index (χ0v) is 21.0. The van der Waals surface area contributed by atoms with Gasteiger partial charge < -0.3 is 32.8 Å². The van der Waals surface area contributed by atoms with Gasteiger partial charge in [-0.25, -0.2) is 4.79 Å². The Balaban J connectivity index is 2.03. The highest BCUT2D eigenvalue weighted by Gasteiger charge is 2.53. The number of esters is 4. The lowest BCUT2D eigenvalue weighted by Crippen LogP contribution is -2.63. The zero-order chi connectivity index (χ0) is 27.3. The molecule has 1 saturated heterocycles. The SMILES string of the molecule is CCc1cc(=O)oc2cc(O[C@H]3O[C@H](COC(C)=O)[C@@H](OC(C)=O)[C@H](OC(C)=O)[C@H]3OC(C)=O)ccc12. The van der Waals surface area contributed by atoms with Crippen molar-refractivity contribution in [2.24, 2.45) is 0 Å². The summed E-state index contributed by atoms with van der Waals surface area (Å²) in [4.78, 5) is 59.1. The van der Waals surface area contributed by atoms with E-state index < -0.39 is 60.2 Å². The molecule has 0 amide bonds. The summed E-state index contributed by atoms with van der Waals surface area (Å²) in [6, 6.07) is 6.15. The van der Waals surface area contributed by atoms with Crippen LogP contribution in [0.25, 0.3) is 11.0 Å². The summed E-state index contributed by atoms with van der Waals surface area (Å²) < 4.78 is 38.3. The molecule has 1 fully saturated rings. The van der Waals surface area contributed by atoms with Crippen molar-refractivity contribution in [1.29, 1.82) is 0 Å². The Hall–Kier alpha value is -3.93. The molecule has 0 N–H and O–H groups in total. The summed E-state index contributed by atoms with van der Waals surface area (Å²) in [5.74, 6) is -2.71. The van der Waals surface area contributed by atoms with E-state index in [-0.39, 0.29) is 17.9 Å². The van der Waals surface area contributed by atoms with Crippen LogP contribution < -0.4 is 10.4 Å². The van der Waals surface area contributed by atoms with E-state index in [0.29, 0.717) is 11.8 Å². The molecule has 0 saturated carbocycles. The molecule has 12 nitrogen and oxygen atoms in total. The maximum absolute atomic E-state index is 12.0. The average Bonchev–Trinajstić information content (AvgIpc) is 2.79. The van der Waals surface area contributed by atoms with Gasteiger partial charge in [-0.2, -0.15) is 0 Å². The van der Waals surface area contributed by atoms with E-state index in [1.807, 2.05) is 6.92 Å². The third-order valence-corrected chi connectivity index (χ3v) is 5.38. The van der Waals surface area contributed by atoms with Gasteiger partial charge in [0.05, 0.1) is 0 Å². The minimum atomic E-state index is -1.40. The standard InChI is InChI=1S/C25H28O12/c1-6-16-9-21(30)36-19-10-17(7-8-18(16)19)35-25-24(34-15(5)29)23(33-14(4)28)22(32-13(3)27)20(37-25)11-31-12(2)26/h7-10,20,22-25H,6,11H2,1-5H3/t20-,22-,23+,24-,25+/m1/s1. The first-order valence-corrected chi connectivity index (χ1v) is 11.5. The third kappa shape index (κ3) is 7.06. The first-order chi connectivity index (χ1) is 17.5. The normalized spacial score (nSPS) is 23.1. The molecule has 2 aromatic rings. The van der Waals surface area contributed by atoms with Gasteiger partial charge in [0.25, 0.3) is 0 Å². The summed E-state index contributed by atoms with van der Waals surface area (Å²) in [7, 11) is 0. The molecule has 3 rings (SSSR count). The number of benzene rings is 1. The first-order valence-electron chi connectivity index (χ1n) is 11.5. The molecule has 37 heavy (non-hydrogen) atoms. The molecule has 1 aromatic carbocycles. The number of ether oxygens (including phenoxy) is 6. The molecule has 12 heteroatoms. The van der Waals surface area contributed by atoms with Crippen molar-refractivity contribution in [1.82, 2.24) is 0 Å². The van der Waals surface area contributed by atoms with Gasteiger partial charge in [0.2, 0.25) is 12.4 Å². The Morgan fingerprint density at radius 2 is 1.46 bits per heavy atom. The predicted octanol–water partition coefficient (Wildman–Crippen LogP) is 1.82. The first kappa shape index (κ1) is 27.7. The van der Waals surface area contributed by atoms with Crippen molar-refractivity contribution in [3.05, 3.63) is 40.2 Å².